The highest BCUT2D eigenvalue weighted by Gasteiger charge is 2.11. The maximum absolute atomic E-state index is 4.38. The molecule has 0 unspecified atom stereocenters. The predicted octanol–water partition coefficient (Wildman–Crippen LogP) is 2.34. The van der Waals surface area contributed by atoms with E-state index in [0.29, 0.717) is 0 Å². The summed E-state index contributed by atoms with van der Waals surface area (Å²) in [5.74, 6) is 0.786. The number of benzene rings is 1. The summed E-state index contributed by atoms with van der Waals surface area (Å²) in [6.45, 7) is 3.95. The Kier molecular flexibility index (Phi) is 1.83. The minimum absolute atomic E-state index is 0.786. The van der Waals surface area contributed by atoms with Crippen LogP contribution in [0.5, 0.6) is 0 Å². The largest absolute Gasteiger partial charge is 0.275 e. The molecule has 16 heavy (non-hydrogen) atoms. The lowest BCUT2D eigenvalue weighted by molar-refractivity contribution is 0.809. The van der Waals surface area contributed by atoms with Gasteiger partial charge in [-0.2, -0.15) is 4.63 Å². The van der Waals surface area contributed by atoms with Crippen LogP contribution in [-0.4, -0.2) is 19.8 Å². The van der Waals surface area contributed by atoms with Gasteiger partial charge >= 0.3 is 0 Å². The van der Waals surface area contributed by atoms with Crippen molar-refractivity contribution in [3.63, 3.8) is 0 Å². The van der Waals surface area contributed by atoms with Crippen molar-refractivity contribution in [2.24, 2.45) is 0 Å². The Morgan fingerprint density at radius 3 is 2.56 bits per heavy atom. The Labute approximate surface area is 92.9 Å². The molecule has 0 fully saturated rings. The van der Waals surface area contributed by atoms with Gasteiger partial charge in [0, 0.05) is 5.56 Å². The number of aryl methyl sites for hydroxylation is 2. The smallest absolute Gasteiger partial charge is 0.179 e. The third-order valence-corrected chi connectivity index (χ3v) is 2.70. The molecule has 4 heteroatoms. The molecule has 1 N–H and O–H groups in total. The molecule has 3 aromatic rings. The zero-order valence-corrected chi connectivity index (χ0v) is 9.23. The molecule has 0 amide bonds. The van der Waals surface area contributed by atoms with Crippen molar-refractivity contribution in [1.29, 1.82) is 0 Å². The number of fused-ring (bicyclic) bond motifs is 1. The molecule has 0 aliphatic heterocycles. The van der Waals surface area contributed by atoms with Crippen molar-refractivity contribution >= 4 is 5.65 Å². The lowest BCUT2D eigenvalue weighted by atomic mass is 10.1. The SMILES string of the molecule is Cc1nc2c(C)c(-c3ccccc3)[nH]n2n1. The molecule has 0 bridgehead atoms. The van der Waals surface area contributed by atoms with E-state index in [-0.39, 0.29) is 0 Å². The number of aromatic amines is 1. The van der Waals surface area contributed by atoms with Crippen molar-refractivity contribution < 1.29 is 0 Å². The molecule has 0 atom stereocenters. The van der Waals surface area contributed by atoms with E-state index >= 15 is 0 Å². The van der Waals surface area contributed by atoms with Gasteiger partial charge in [0.15, 0.2) is 5.65 Å². The highest BCUT2D eigenvalue weighted by atomic mass is 15.5. The third kappa shape index (κ3) is 1.23. The van der Waals surface area contributed by atoms with Crippen LogP contribution in [0.3, 0.4) is 0 Å². The number of aromatic nitrogens is 4. The average Bonchev–Trinajstić information content (AvgIpc) is 2.79. The summed E-state index contributed by atoms with van der Waals surface area (Å²) in [5, 5.41) is 7.51. The first-order valence-corrected chi connectivity index (χ1v) is 5.23. The lowest BCUT2D eigenvalue weighted by Crippen LogP contribution is -1.87. The maximum atomic E-state index is 4.38. The number of hydrogen-bond donors (Lipinski definition) is 1. The summed E-state index contributed by atoms with van der Waals surface area (Å²) in [6.07, 6.45) is 0. The Hall–Kier alpha value is -2.10. The first kappa shape index (κ1) is 9.15. The molecule has 0 radical (unpaired) electrons. The van der Waals surface area contributed by atoms with Crippen LogP contribution in [0.15, 0.2) is 30.3 Å². The second-order valence-corrected chi connectivity index (χ2v) is 3.87. The Morgan fingerprint density at radius 1 is 1.12 bits per heavy atom. The van der Waals surface area contributed by atoms with Crippen LogP contribution in [0.1, 0.15) is 11.4 Å². The minimum atomic E-state index is 0.786. The van der Waals surface area contributed by atoms with E-state index in [4.69, 9.17) is 0 Å². The lowest BCUT2D eigenvalue weighted by Gasteiger charge is -1.97. The topological polar surface area (TPSA) is 46.0 Å². The number of nitrogens with one attached hydrogen (secondary N) is 1. The monoisotopic (exact) mass is 212 g/mol. The van der Waals surface area contributed by atoms with Crippen molar-refractivity contribution in [3.8, 4) is 11.3 Å². The van der Waals surface area contributed by atoms with Crippen LogP contribution in [0.2, 0.25) is 0 Å². The van der Waals surface area contributed by atoms with Gasteiger partial charge in [0.25, 0.3) is 0 Å². The molecule has 1 aromatic carbocycles. The van der Waals surface area contributed by atoms with E-state index in [1.54, 1.807) is 4.63 Å². The molecule has 0 aliphatic carbocycles. The summed E-state index contributed by atoms with van der Waals surface area (Å²) in [4.78, 5) is 4.38. The highest BCUT2D eigenvalue weighted by Crippen LogP contribution is 2.23. The second-order valence-electron chi connectivity index (χ2n) is 3.87. The highest BCUT2D eigenvalue weighted by molar-refractivity contribution is 5.69. The van der Waals surface area contributed by atoms with Gasteiger partial charge in [-0.15, -0.1) is 5.10 Å². The molecule has 0 spiro atoms. The Morgan fingerprint density at radius 2 is 1.88 bits per heavy atom. The number of hydrogen-bond acceptors (Lipinski definition) is 2. The molecule has 80 valence electrons. The summed E-state index contributed by atoms with van der Waals surface area (Å²) in [7, 11) is 0. The predicted molar refractivity (Wildman–Crippen MR) is 62.2 cm³/mol. The molecule has 0 aliphatic rings. The second kappa shape index (κ2) is 3.20. The zero-order valence-electron chi connectivity index (χ0n) is 9.23. The molecule has 2 aromatic heterocycles. The zero-order chi connectivity index (χ0) is 11.1. The van der Waals surface area contributed by atoms with Gasteiger partial charge in [-0.25, -0.2) is 4.98 Å². The molecule has 0 saturated heterocycles. The van der Waals surface area contributed by atoms with Crippen LogP contribution >= 0.6 is 0 Å². The fourth-order valence-corrected chi connectivity index (χ4v) is 1.92. The Bertz CT molecular complexity index is 634. The van der Waals surface area contributed by atoms with Crippen LogP contribution in [0.4, 0.5) is 0 Å². The number of H-pyrrole nitrogens is 1. The van der Waals surface area contributed by atoms with Crippen molar-refractivity contribution in [2.45, 2.75) is 13.8 Å². The van der Waals surface area contributed by atoms with E-state index in [2.05, 4.69) is 34.2 Å². The van der Waals surface area contributed by atoms with Gasteiger partial charge in [0.1, 0.15) is 5.82 Å². The maximum Gasteiger partial charge on any atom is 0.179 e. The normalized spacial score (nSPS) is 11.1. The quantitative estimate of drug-likeness (QED) is 0.673. The molecular weight excluding hydrogens is 200 g/mol. The van der Waals surface area contributed by atoms with Gasteiger partial charge in [0.05, 0.1) is 5.69 Å². The van der Waals surface area contributed by atoms with E-state index in [0.717, 1.165) is 28.3 Å². The van der Waals surface area contributed by atoms with Gasteiger partial charge in [-0.1, -0.05) is 30.3 Å². The van der Waals surface area contributed by atoms with E-state index < -0.39 is 0 Å². The van der Waals surface area contributed by atoms with Crippen molar-refractivity contribution in [1.82, 2.24) is 19.8 Å². The average molecular weight is 212 g/mol. The van der Waals surface area contributed by atoms with Crippen LogP contribution in [0, 0.1) is 13.8 Å². The fourth-order valence-electron chi connectivity index (χ4n) is 1.92. The first-order valence-electron chi connectivity index (χ1n) is 5.23. The van der Waals surface area contributed by atoms with Crippen molar-refractivity contribution in [2.75, 3.05) is 0 Å². The van der Waals surface area contributed by atoms with Gasteiger partial charge in [-0.05, 0) is 19.4 Å². The van der Waals surface area contributed by atoms with Crippen LogP contribution < -0.4 is 0 Å². The van der Waals surface area contributed by atoms with Gasteiger partial charge in [0.2, 0.25) is 0 Å². The van der Waals surface area contributed by atoms with E-state index in [1.165, 1.54) is 0 Å². The number of rotatable bonds is 1. The number of nitrogens with zero attached hydrogens (tertiary/aromatic N) is 3. The van der Waals surface area contributed by atoms with E-state index in [9.17, 15) is 0 Å². The van der Waals surface area contributed by atoms with E-state index in [1.807, 2.05) is 25.1 Å². The molecule has 2 heterocycles. The first-order chi connectivity index (χ1) is 7.75. The van der Waals surface area contributed by atoms with Crippen LogP contribution in [-0.2, 0) is 0 Å². The summed E-state index contributed by atoms with van der Waals surface area (Å²) in [6, 6.07) is 10.2. The van der Waals surface area contributed by atoms with Crippen molar-refractivity contribution in [3.05, 3.63) is 41.7 Å². The third-order valence-electron chi connectivity index (χ3n) is 2.70. The fraction of sp³-hybridized carbons (Fsp3) is 0.167. The Balaban J connectivity index is 2.25. The molecule has 0 saturated carbocycles. The summed E-state index contributed by atoms with van der Waals surface area (Å²) < 4.78 is 1.73. The van der Waals surface area contributed by atoms with Gasteiger partial charge < -0.3 is 0 Å². The summed E-state index contributed by atoms with van der Waals surface area (Å²) in [5.41, 5.74) is 4.27. The molecule has 4 nitrogen and oxygen atoms in total. The summed E-state index contributed by atoms with van der Waals surface area (Å²) >= 11 is 0. The standard InChI is InChI=1S/C12H12N4/c1-8-11(10-6-4-3-5-7-10)15-16-12(8)13-9(2)14-16/h3-7,15H,1-2H3. The molecular formula is C12H12N4. The van der Waals surface area contributed by atoms with Crippen LogP contribution in [0.25, 0.3) is 16.9 Å². The van der Waals surface area contributed by atoms with Gasteiger partial charge in [-0.3, -0.25) is 5.10 Å². The molecule has 3 rings (SSSR count). The minimum Gasteiger partial charge on any atom is -0.275 e.